The fourth-order valence-corrected chi connectivity index (χ4v) is 1.24. The molecule has 1 unspecified atom stereocenters. The number of benzene rings is 1. The van der Waals surface area contributed by atoms with Crippen LogP contribution in [-0.2, 0) is 11.0 Å². The number of aliphatic carboxylic acids is 1. The first-order valence-electron chi connectivity index (χ1n) is 5.07. The average Bonchev–Trinajstić information content (AvgIpc) is 2.34. The zero-order chi connectivity index (χ0) is 14.6. The van der Waals surface area contributed by atoms with Gasteiger partial charge in [0.25, 0.3) is 5.91 Å². The van der Waals surface area contributed by atoms with Crippen molar-refractivity contribution in [2.75, 3.05) is 6.61 Å². The van der Waals surface area contributed by atoms with Gasteiger partial charge in [-0.15, -0.1) is 0 Å². The maximum absolute atomic E-state index is 12.3. The second-order valence-corrected chi connectivity index (χ2v) is 3.62. The van der Waals surface area contributed by atoms with Gasteiger partial charge in [0, 0.05) is 5.56 Å². The van der Waals surface area contributed by atoms with Gasteiger partial charge in [-0.25, -0.2) is 4.79 Å². The summed E-state index contributed by atoms with van der Waals surface area (Å²) in [4.78, 5) is 22.1. The van der Waals surface area contributed by atoms with Crippen molar-refractivity contribution < 1.29 is 33.0 Å². The third-order valence-electron chi connectivity index (χ3n) is 2.26. The second-order valence-electron chi connectivity index (χ2n) is 3.62. The van der Waals surface area contributed by atoms with Crippen molar-refractivity contribution in [1.29, 1.82) is 0 Å². The number of rotatable bonds is 4. The minimum Gasteiger partial charge on any atom is -0.480 e. The topological polar surface area (TPSA) is 86.6 Å². The Bertz CT molecular complexity index is 470. The van der Waals surface area contributed by atoms with Crippen molar-refractivity contribution in [1.82, 2.24) is 5.32 Å². The molecular formula is C11H10F3NO4. The highest BCUT2D eigenvalue weighted by molar-refractivity contribution is 5.96. The lowest BCUT2D eigenvalue weighted by molar-refractivity contribution is -0.140. The van der Waals surface area contributed by atoms with Crippen LogP contribution >= 0.6 is 0 Å². The summed E-state index contributed by atoms with van der Waals surface area (Å²) in [5, 5.41) is 19.3. The van der Waals surface area contributed by atoms with Crippen molar-refractivity contribution in [3.05, 3.63) is 35.4 Å². The fourth-order valence-electron chi connectivity index (χ4n) is 1.24. The Morgan fingerprint density at radius 2 is 1.74 bits per heavy atom. The molecule has 104 valence electrons. The molecule has 3 N–H and O–H groups in total. The molecule has 0 bridgehead atoms. The number of hydrogen-bond donors (Lipinski definition) is 3. The van der Waals surface area contributed by atoms with Gasteiger partial charge in [0.2, 0.25) is 0 Å². The van der Waals surface area contributed by atoms with Crippen LogP contribution in [-0.4, -0.2) is 34.7 Å². The van der Waals surface area contributed by atoms with E-state index in [2.05, 4.69) is 0 Å². The Kier molecular flexibility index (Phi) is 4.49. The number of amides is 1. The Morgan fingerprint density at radius 1 is 1.21 bits per heavy atom. The summed E-state index contributed by atoms with van der Waals surface area (Å²) in [6.45, 7) is -0.818. The van der Waals surface area contributed by atoms with Crippen LogP contribution in [0.1, 0.15) is 15.9 Å². The third kappa shape index (κ3) is 3.95. The predicted octanol–water partition coefficient (Wildman–Crippen LogP) is 0.881. The summed E-state index contributed by atoms with van der Waals surface area (Å²) >= 11 is 0. The van der Waals surface area contributed by atoms with Gasteiger partial charge in [0.1, 0.15) is 0 Å². The Labute approximate surface area is 105 Å². The number of alkyl halides is 3. The fraction of sp³-hybridized carbons (Fsp3) is 0.273. The smallest absolute Gasteiger partial charge is 0.416 e. The van der Waals surface area contributed by atoms with E-state index in [0.29, 0.717) is 12.1 Å². The molecule has 8 heteroatoms. The number of aliphatic hydroxyl groups is 1. The maximum atomic E-state index is 12.3. The summed E-state index contributed by atoms with van der Waals surface area (Å²) in [5.41, 5.74) is -1.05. The lowest BCUT2D eigenvalue weighted by Gasteiger charge is -2.12. The van der Waals surface area contributed by atoms with Crippen LogP contribution in [0.25, 0.3) is 0 Å². The molecule has 1 amide bonds. The second kappa shape index (κ2) is 5.70. The molecule has 0 saturated heterocycles. The molecule has 0 aliphatic heterocycles. The number of aliphatic hydroxyl groups excluding tert-OH is 1. The van der Waals surface area contributed by atoms with E-state index in [9.17, 15) is 22.8 Å². The molecule has 5 nitrogen and oxygen atoms in total. The van der Waals surface area contributed by atoms with Gasteiger partial charge in [0.05, 0.1) is 12.2 Å². The number of carbonyl (C=O) groups is 2. The number of nitrogens with one attached hydrogen (secondary N) is 1. The minimum atomic E-state index is -4.51. The van der Waals surface area contributed by atoms with Crippen LogP contribution in [0.5, 0.6) is 0 Å². The largest absolute Gasteiger partial charge is 0.480 e. The molecule has 0 radical (unpaired) electrons. The summed E-state index contributed by atoms with van der Waals surface area (Å²) in [5.74, 6) is -2.32. The van der Waals surface area contributed by atoms with Gasteiger partial charge in [-0.3, -0.25) is 4.79 Å². The number of carboxylic acid groups (broad SMARTS) is 1. The molecule has 0 spiro atoms. The molecule has 19 heavy (non-hydrogen) atoms. The zero-order valence-corrected chi connectivity index (χ0v) is 9.44. The third-order valence-corrected chi connectivity index (χ3v) is 2.26. The van der Waals surface area contributed by atoms with Gasteiger partial charge >= 0.3 is 12.1 Å². The maximum Gasteiger partial charge on any atom is 0.416 e. The molecule has 0 aromatic heterocycles. The van der Waals surface area contributed by atoms with Gasteiger partial charge in [-0.05, 0) is 24.3 Å². The first kappa shape index (κ1) is 15.0. The lowest BCUT2D eigenvalue weighted by atomic mass is 10.1. The van der Waals surface area contributed by atoms with E-state index in [0.717, 1.165) is 12.1 Å². The Balaban J connectivity index is 2.81. The summed E-state index contributed by atoms with van der Waals surface area (Å²) in [6, 6.07) is 1.77. The molecule has 0 fully saturated rings. The highest BCUT2D eigenvalue weighted by Crippen LogP contribution is 2.29. The quantitative estimate of drug-likeness (QED) is 0.762. The lowest BCUT2D eigenvalue weighted by Crippen LogP contribution is -2.43. The van der Waals surface area contributed by atoms with Crippen molar-refractivity contribution in [3.63, 3.8) is 0 Å². The predicted molar refractivity (Wildman–Crippen MR) is 57.4 cm³/mol. The van der Waals surface area contributed by atoms with Crippen LogP contribution in [0.2, 0.25) is 0 Å². The van der Waals surface area contributed by atoms with Gasteiger partial charge in [-0.1, -0.05) is 0 Å². The van der Waals surface area contributed by atoms with Crippen LogP contribution in [0.15, 0.2) is 24.3 Å². The first-order valence-corrected chi connectivity index (χ1v) is 5.07. The van der Waals surface area contributed by atoms with Crippen LogP contribution in [0.4, 0.5) is 13.2 Å². The zero-order valence-electron chi connectivity index (χ0n) is 9.44. The average molecular weight is 277 g/mol. The molecule has 1 rings (SSSR count). The number of halogens is 3. The van der Waals surface area contributed by atoms with Crippen molar-refractivity contribution in [3.8, 4) is 0 Å². The molecule has 1 atom stereocenters. The van der Waals surface area contributed by atoms with E-state index >= 15 is 0 Å². The van der Waals surface area contributed by atoms with Gasteiger partial charge < -0.3 is 15.5 Å². The molecular weight excluding hydrogens is 267 g/mol. The summed E-state index contributed by atoms with van der Waals surface area (Å²) in [6.07, 6.45) is -4.51. The molecule has 0 saturated carbocycles. The van der Waals surface area contributed by atoms with Crippen LogP contribution in [0, 0.1) is 0 Å². The molecule has 1 aromatic carbocycles. The van der Waals surface area contributed by atoms with E-state index in [1.807, 2.05) is 5.32 Å². The van der Waals surface area contributed by atoms with Crippen LogP contribution < -0.4 is 5.32 Å². The van der Waals surface area contributed by atoms with Crippen molar-refractivity contribution in [2.24, 2.45) is 0 Å². The SMILES string of the molecule is O=C(NC(CO)C(=O)O)c1ccc(C(F)(F)F)cc1. The van der Waals surface area contributed by atoms with E-state index in [-0.39, 0.29) is 5.56 Å². The number of carboxylic acids is 1. The Morgan fingerprint density at radius 3 is 2.11 bits per heavy atom. The molecule has 0 aliphatic carbocycles. The molecule has 0 aliphatic rings. The number of carbonyl (C=O) groups excluding carboxylic acids is 1. The summed E-state index contributed by atoms with van der Waals surface area (Å²) in [7, 11) is 0. The number of hydrogen-bond acceptors (Lipinski definition) is 3. The van der Waals surface area contributed by atoms with E-state index in [4.69, 9.17) is 10.2 Å². The standard InChI is InChI=1S/C11H10F3NO4/c12-11(13,14)7-3-1-6(2-4-7)9(17)15-8(5-16)10(18)19/h1-4,8,16H,5H2,(H,15,17)(H,18,19). The van der Waals surface area contributed by atoms with E-state index < -0.39 is 36.3 Å². The van der Waals surface area contributed by atoms with Crippen LogP contribution in [0.3, 0.4) is 0 Å². The first-order chi connectivity index (χ1) is 8.75. The molecule has 1 aromatic rings. The summed E-state index contributed by atoms with van der Waals surface area (Å²) < 4.78 is 36.8. The van der Waals surface area contributed by atoms with Gasteiger partial charge in [-0.2, -0.15) is 13.2 Å². The van der Waals surface area contributed by atoms with Crippen molar-refractivity contribution in [2.45, 2.75) is 12.2 Å². The van der Waals surface area contributed by atoms with Crippen molar-refractivity contribution >= 4 is 11.9 Å². The molecule has 0 heterocycles. The highest BCUT2D eigenvalue weighted by Gasteiger charge is 2.30. The Hall–Kier alpha value is -2.09. The minimum absolute atomic E-state index is 0.132. The highest BCUT2D eigenvalue weighted by atomic mass is 19.4. The van der Waals surface area contributed by atoms with E-state index in [1.165, 1.54) is 0 Å². The van der Waals surface area contributed by atoms with Gasteiger partial charge in [0.15, 0.2) is 6.04 Å². The van der Waals surface area contributed by atoms with E-state index in [1.54, 1.807) is 0 Å². The monoisotopic (exact) mass is 277 g/mol. The normalized spacial score (nSPS) is 12.8.